The largest absolute Gasteiger partial charge is 0.366 e. The molecule has 21 heavy (non-hydrogen) atoms. The fourth-order valence-corrected chi connectivity index (χ4v) is 4.19. The number of hydrogen-bond acceptors (Lipinski definition) is 3. The summed E-state index contributed by atoms with van der Waals surface area (Å²) < 4.78 is 6.69. The highest BCUT2D eigenvalue weighted by Crippen LogP contribution is 2.50. The van der Waals surface area contributed by atoms with Crippen molar-refractivity contribution in [1.29, 1.82) is 0 Å². The van der Waals surface area contributed by atoms with Crippen LogP contribution in [0.1, 0.15) is 38.5 Å². The lowest BCUT2D eigenvalue weighted by molar-refractivity contribution is -0.140. The van der Waals surface area contributed by atoms with E-state index in [4.69, 9.17) is 4.74 Å². The standard InChI is InChI=1S/C18H26N2O/c1-19-15-7-9-17(10-8-15)13-20(14-18(21-17)11-12-18)16-5-3-2-4-6-16/h2-6,15,19H,7-14H2,1H3. The van der Waals surface area contributed by atoms with Crippen molar-refractivity contribution in [2.75, 3.05) is 25.0 Å². The maximum atomic E-state index is 6.69. The Morgan fingerprint density at radius 1 is 1.00 bits per heavy atom. The van der Waals surface area contributed by atoms with Crippen LogP contribution in [0.5, 0.6) is 0 Å². The molecular weight excluding hydrogens is 260 g/mol. The van der Waals surface area contributed by atoms with Gasteiger partial charge in [0, 0.05) is 24.8 Å². The average Bonchev–Trinajstić information content (AvgIpc) is 3.27. The highest BCUT2D eigenvalue weighted by molar-refractivity contribution is 5.48. The highest BCUT2D eigenvalue weighted by Gasteiger charge is 2.55. The summed E-state index contributed by atoms with van der Waals surface area (Å²) in [6, 6.07) is 11.6. The molecule has 3 nitrogen and oxygen atoms in total. The molecule has 3 fully saturated rings. The molecule has 1 N–H and O–H groups in total. The number of hydrogen-bond donors (Lipinski definition) is 1. The lowest BCUT2D eigenvalue weighted by atomic mass is 9.80. The first-order valence-electron chi connectivity index (χ1n) is 8.40. The zero-order valence-corrected chi connectivity index (χ0v) is 13.0. The molecular formula is C18H26N2O. The molecule has 2 aliphatic carbocycles. The Balaban J connectivity index is 1.56. The molecule has 0 unspecified atom stereocenters. The fourth-order valence-electron chi connectivity index (χ4n) is 4.19. The number of nitrogens with one attached hydrogen (secondary N) is 1. The van der Waals surface area contributed by atoms with E-state index in [1.807, 2.05) is 0 Å². The van der Waals surface area contributed by atoms with Crippen molar-refractivity contribution in [2.24, 2.45) is 0 Å². The molecule has 0 radical (unpaired) electrons. The second kappa shape index (κ2) is 4.99. The van der Waals surface area contributed by atoms with E-state index in [1.54, 1.807) is 0 Å². The molecule has 2 spiro atoms. The topological polar surface area (TPSA) is 24.5 Å². The van der Waals surface area contributed by atoms with E-state index in [0.717, 1.165) is 13.1 Å². The molecule has 114 valence electrons. The third-order valence-corrected chi connectivity index (χ3v) is 5.63. The number of rotatable bonds is 2. The van der Waals surface area contributed by atoms with Gasteiger partial charge < -0.3 is 15.0 Å². The van der Waals surface area contributed by atoms with Crippen molar-refractivity contribution in [1.82, 2.24) is 5.32 Å². The van der Waals surface area contributed by atoms with Crippen LogP contribution in [0.4, 0.5) is 5.69 Å². The van der Waals surface area contributed by atoms with Crippen LogP contribution in [0, 0.1) is 0 Å². The molecule has 0 amide bonds. The SMILES string of the molecule is CNC1CCC2(CC1)CN(c1ccccc1)CC1(CC1)O2. The van der Waals surface area contributed by atoms with Crippen molar-refractivity contribution in [3.63, 3.8) is 0 Å². The molecule has 1 heterocycles. The highest BCUT2D eigenvalue weighted by atomic mass is 16.5. The van der Waals surface area contributed by atoms with Crippen LogP contribution in [0.2, 0.25) is 0 Å². The van der Waals surface area contributed by atoms with Crippen LogP contribution in [0.25, 0.3) is 0 Å². The lowest BCUT2D eigenvalue weighted by Crippen LogP contribution is -2.59. The molecule has 0 atom stereocenters. The molecule has 1 aromatic carbocycles. The van der Waals surface area contributed by atoms with Gasteiger partial charge in [-0.2, -0.15) is 0 Å². The van der Waals surface area contributed by atoms with E-state index < -0.39 is 0 Å². The molecule has 3 aliphatic rings. The van der Waals surface area contributed by atoms with Gasteiger partial charge in [-0.25, -0.2) is 0 Å². The quantitative estimate of drug-likeness (QED) is 0.904. The van der Waals surface area contributed by atoms with Gasteiger partial charge in [-0.15, -0.1) is 0 Å². The summed E-state index contributed by atoms with van der Waals surface area (Å²) in [4.78, 5) is 2.58. The average molecular weight is 286 g/mol. The normalized spacial score (nSPS) is 34.3. The van der Waals surface area contributed by atoms with E-state index in [-0.39, 0.29) is 11.2 Å². The number of anilines is 1. The first kappa shape index (κ1) is 13.6. The van der Waals surface area contributed by atoms with Gasteiger partial charge in [0.2, 0.25) is 0 Å². The van der Waals surface area contributed by atoms with Crippen molar-refractivity contribution in [3.05, 3.63) is 30.3 Å². The minimum Gasteiger partial charge on any atom is -0.366 e. The summed E-state index contributed by atoms with van der Waals surface area (Å²) in [5.41, 5.74) is 1.63. The summed E-state index contributed by atoms with van der Waals surface area (Å²) >= 11 is 0. The van der Waals surface area contributed by atoms with Crippen molar-refractivity contribution >= 4 is 5.69 Å². The Morgan fingerprint density at radius 2 is 1.62 bits per heavy atom. The van der Waals surface area contributed by atoms with Crippen LogP contribution in [-0.2, 0) is 4.74 Å². The Labute approximate surface area is 127 Å². The van der Waals surface area contributed by atoms with E-state index in [2.05, 4.69) is 47.6 Å². The van der Waals surface area contributed by atoms with Gasteiger partial charge in [0.05, 0.1) is 11.2 Å². The van der Waals surface area contributed by atoms with Crippen molar-refractivity contribution < 1.29 is 4.74 Å². The van der Waals surface area contributed by atoms with E-state index in [1.165, 1.54) is 44.2 Å². The number of ether oxygens (including phenoxy) is 1. The van der Waals surface area contributed by atoms with E-state index in [9.17, 15) is 0 Å². The van der Waals surface area contributed by atoms with Gasteiger partial charge in [0.15, 0.2) is 0 Å². The first-order chi connectivity index (χ1) is 10.2. The summed E-state index contributed by atoms with van der Waals surface area (Å²) in [6.07, 6.45) is 7.37. The van der Waals surface area contributed by atoms with Crippen LogP contribution < -0.4 is 10.2 Å². The van der Waals surface area contributed by atoms with E-state index in [0.29, 0.717) is 6.04 Å². The Bertz CT molecular complexity index is 489. The number of morpholine rings is 1. The molecule has 3 heteroatoms. The Hall–Kier alpha value is -1.06. The smallest absolute Gasteiger partial charge is 0.0867 e. The number of nitrogens with zero attached hydrogens (tertiary/aromatic N) is 1. The van der Waals surface area contributed by atoms with Gasteiger partial charge in [0.1, 0.15) is 0 Å². The van der Waals surface area contributed by atoms with Crippen LogP contribution in [0.15, 0.2) is 30.3 Å². The molecule has 1 saturated heterocycles. The maximum Gasteiger partial charge on any atom is 0.0867 e. The Kier molecular flexibility index (Phi) is 3.23. The van der Waals surface area contributed by atoms with Crippen LogP contribution in [-0.4, -0.2) is 37.4 Å². The van der Waals surface area contributed by atoms with Crippen molar-refractivity contribution in [3.8, 4) is 0 Å². The first-order valence-corrected chi connectivity index (χ1v) is 8.40. The predicted molar refractivity (Wildman–Crippen MR) is 85.8 cm³/mol. The summed E-state index contributed by atoms with van der Waals surface area (Å²) in [5, 5.41) is 3.44. The minimum atomic E-state index is 0.0952. The summed E-state index contributed by atoms with van der Waals surface area (Å²) in [6.45, 7) is 2.14. The van der Waals surface area contributed by atoms with Gasteiger partial charge >= 0.3 is 0 Å². The zero-order chi connectivity index (χ0) is 14.3. The second-order valence-corrected chi connectivity index (χ2v) is 7.22. The van der Waals surface area contributed by atoms with Crippen molar-refractivity contribution in [2.45, 2.75) is 55.8 Å². The van der Waals surface area contributed by atoms with Gasteiger partial charge in [-0.3, -0.25) is 0 Å². The summed E-state index contributed by atoms with van der Waals surface area (Å²) in [7, 11) is 2.09. The van der Waals surface area contributed by atoms with Gasteiger partial charge in [0.25, 0.3) is 0 Å². The maximum absolute atomic E-state index is 6.69. The van der Waals surface area contributed by atoms with Gasteiger partial charge in [-0.05, 0) is 57.7 Å². The van der Waals surface area contributed by atoms with Crippen LogP contribution in [0.3, 0.4) is 0 Å². The lowest BCUT2D eigenvalue weighted by Gasteiger charge is -2.50. The van der Waals surface area contributed by atoms with Gasteiger partial charge in [-0.1, -0.05) is 18.2 Å². The second-order valence-electron chi connectivity index (χ2n) is 7.22. The monoisotopic (exact) mass is 286 g/mol. The predicted octanol–water partition coefficient (Wildman–Crippen LogP) is 2.96. The molecule has 1 aromatic rings. The number of benzene rings is 1. The summed E-state index contributed by atoms with van der Waals surface area (Å²) in [5.74, 6) is 0. The van der Waals surface area contributed by atoms with E-state index >= 15 is 0 Å². The van der Waals surface area contributed by atoms with Crippen LogP contribution >= 0.6 is 0 Å². The zero-order valence-electron chi connectivity index (χ0n) is 13.0. The fraction of sp³-hybridized carbons (Fsp3) is 0.667. The molecule has 1 aliphatic heterocycles. The molecule has 0 aromatic heterocycles. The number of para-hydroxylation sites is 1. The Morgan fingerprint density at radius 3 is 2.19 bits per heavy atom. The minimum absolute atomic E-state index is 0.0952. The third-order valence-electron chi connectivity index (χ3n) is 5.63. The third kappa shape index (κ3) is 2.58. The molecule has 0 bridgehead atoms. The molecule has 2 saturated carbocycles. The molecule has 4 rings (SSSR count).